The van der Waals surface area contributed by atoms with E-state index in [1.54, 1.807) is 18.7 Å². The minimum absolute atomic E-state index is 0.0170. The first-order valence-electron chi connectivity index (χ1n) is 6.96. The molecule has 0 bridgehead atoms. The van der Waals surface area contributed by atoms with E-state index >= 15 is 0 Å². The van der Waals surface area contributed by atoms with Crippen LogP contribution in [0.2, 0.25) is 0 Å². The normalized spacial score (nSPS) is 10.8. The number of hydrogen-bond acceptors (Lipinski definition) is 4. The Balaban J connectivity index is 1.83. The summed E-state index contributed by atoms with van der Waals surface area (Å²) in [5.74, 6) is 0.763. The molecule has 1 N–H and O–H groups in total. The van der Waals surface area contributed by atoms with E-state index in [0.29, 0.717) is 19.6 Å². The van der Waals surface area contributed by atoms with Crippen LogP contribution in [0, 0.1) is 0 Å². The molecule has 0 aromatic carbocycles. The summed E-state index contributed by atoms with van der Waals surface area (Å²) in [5, 5.41) is 2.87. The highest BCUT2D eigenvalue weighted by Gasteiger charge is 2.04. The standard InChI is InChI=1S/C15H20N4O2/c1-12(2)21-8-4-15(20)18-10-13-3-5-17-14(9-13)19-7-6-16-11-19/h3,5-7,9,11-12H,4,8,10H2,1-2H3,(H,18,20). The summed E-state index contributed by atoms with van der Waals surface area (Å²) in [5.41, 5.74) is 0.992. The van der Waals surface area contributed by atoms with Crippen molar-refractivity contribution in [3.05, 3.63) is 42.6 Å². The molecule has 0 aliphatic carbocycles. The maximum absolute atomic E-state index is 11.7. The fraction of sp³-hybridized carbons (Fsp3) is 0.400. The molecule has 112 valence electrons. The maximum atomic E-state index is 11.7. The van der Waals surface area contributed by atoms with Gasteiger partial charge in [-0.1, -0.05) is 0 Å². The van der Waals surface area contributed by atoms with Gasteiger partial charge in [-0.15, -0.1) is 0 Å². The average Bonchev–Trinajstić information content (AvgIpc) is 2.99. The number of carbonyl (C=O) groups is 1. The van der Waals surface area contributed by atoms with Crippen LogP contribution in [0.5, 0.6) is 0 Å². The summed E-state index contributed by atoms with van der Waals surface area (Å²) in [6, 6.07) is 3.80. The third kappa shape index (κ3) is 5.00. The van der Waals surface area contributed by atoms with Crippen molar-refractivity contribution in [2.45, 2.75) is 32.9 Å². The van der Waals surface area contributed by atoms with Gasteiger partial charge in [-0.3, -0.25) is 9.36 Å². The number of nitrogens with zero attached hydrogens (tertiary/aromatic N) is 3. The van der Waals surface area contributed by atoms with Crippen LogP contribution in [0.15, 0.2) is 37.1 Å². The van der Waals surface area contributed by atoms with E-state index < -0.39 is 0 Å². The number of amides is 1. The van der Waals surface area contributed by atoms with Crippen molar-refractivity contribution in [3.8, 4) is 5.82 Å². The summed E-state index contributed by atoms with van der Waals surface area (Å²) in [6.07, 6.45) is 7.46. The molecule has 21 heavy (non-hydrogen) atoms. The fourth-order valence-corrected chi connectivity index (χ4v) is 1.78. The molecule has 0 saturated heterocycles. The van der Waals surface area contributed by atoms with Gasteiger partial charge in [0, 0.05) is 31.6 Å². The number of imidazole rings is 1. The van der Waals surface area contributed by atoms with Crippen molar-refractivity contribution >= 4 is 5.91 Å². The lowest BCUT2D eigenvalue weighted by Gasteiger charge is -2.09. The van der Waals surface area contributed by atoms with Gasteiger partial charge in [0.15, 0.2) is 0 Å². The molecule has 0 radical (unpaired) electrons. The molecule has 0 aliphatic rings. The van der Waals surface area contributed by atoms with E-state index in [4.69, 9.17) is 4.74 Å². The Kier molecular flexibility index (Phi) is 5.45. The second kappa shape index (κ2) is 7.54. The van der Waals surface area contributed by atoms with E-state index in [1.165, 1.54) is 0 Å². The summed E-state index contributed by atoms with van der Waals surface area (Å²) in [6.45, 7) is 4.82. The van der Waals surface area contributed by atoms with Gasteiger partial charge in [0.25, 0.3) is 0 Å². The van der Waals surface area contributed by atoms with Crippen LogP contribution in [0.1, 0.15) is 25.8 Å². The molecule has 1 amide bonds. The third-order valence-corrected chi connectivity index (χ3v) is 2.85. The number of nitrogens with one attached hydrogen (secondary N) is 1. The van der Waals surface area contributed by atoms with Crippen LogP contribution >= 0.6 is 0 Å². The lowest BCUT2D eigenvalue weighted by atomic mass is 10.2. The molecule has 0 aliphatic heterocycles. The minimum atomic E-state index is -0.0170. The van der Waals surface area contributed by atoms with Gasteiger partial charge in [0.05, 0.1) is 12.7 Å². The molecule has 0 fully saturated rings. The van der Waals surface area contributed by atoms with Crippen molar-refractivity contribution in [2.24, 2.45) is 0 Å². The summed E-state index contributed by atoms with van der Waals surface area (Å²) in [7, 11) is 0. The Labute approximate surface area is 124 Å². The summed E-state index contributed by atoms with van der Waals surface area (Å²) >= 11 is 0. The highest BCUT2D eigenvalue weighted by atomic mass is 16.5. The molecule has 0 unspecified atom stereocenters. The van der Waals surface area contributed by atoms with Gasteiger partial charge in [-0.2, -0.15) is 0 Å². The van der Waals surface area contributed by atoms with E-state index in [-0.39, 0.29) is 12.0 Å². The quantitative estimate of drug-likeness (QED) is 0.842. The summed E-state index contributed by atoms with van der Waals surface area (Å²) < 4.78 is 7.17. The van der Waals surface area contributed by atoms with Crippen molar-refractivity contribution in [2.75, 3.05) is 6.61 Å². The number of aromatic nitrogens is 3. The fourth-order valence-electron chi connectivity index (χ4n) is 1.78. The molecule has 2 aromatic rings. The molecular formula is C15H20N4O2. The van der Waals surface area contributed by atoms with Crippen molar-refractivity contribution in [1.29, 1.82) is 0 Å². The van der Waals surface area contributed by atoms with Gasteiger partial charge in [-0.25, -0.2) is 9.97 Å². The lowest BCUT2D eigenvalue weighted by Crippen LogP contribution is -2.24. The number of carbonyl (C=O) groups excluding carboxylic acids is 1. The Morgan fingerprint density at radius 3 is 3.00 bits per heavy atom. The maximum Gasteiger partial charge on any atom is 0.222 e. The van der Waals surface area contributed by atoms with Crippen LogP contribution in [0.4, 0.5) is 0 Å². The highest BCUT2D eigenvalue weighted by molar-refractivity contribution is 5.75. The first-order valence-corrected chi connectivity index (χ1v) is 6.96. The zero-order chi connectivity index (χ0) is 15.1. The molecule has 2 rings (SSSR count). The smallest absolute Gasteiger partial charge is 0.222 e. The van der Waals surface area contributed by atoms with E-state index in [1.807, 2.05) is 36.7 Å². The van der Waals surface area contributed by atoms with Crippen LogP contribution in [-0.2, 0) is 16.1 Å². The van der Waals surface area contributed by atoms with Crippen LogP contribution < -0.4 is 5.32 Å². The highest BCUT2D eigenvalue weighted by Crippen LogP contribution is 2.06. The number of rotatable bonds is 7. The lowest BCUT2D eigenvalue weighted by molar-refractivity contribution is -0.122. The van der Waals surface area contributed by atoms with Crippen LogP contribution in [-0.4, -0.2) is 33.2 Å². The molecule has 6 nitrogen and oxygen atoms in total. The van der Waals surface area contributed by atoms with E-state index in [9.17, 15) is 4.79 Å². The third-order valence-electron chi connectivity index (χ3n) is 2.85. The Hall–Kier alpha value is -2.21. The van der Waals surface area contributed by atoms with Crippen molar-refractivity contribution in [3.63, 3.8) is 0 Å². The van der Waals surface area contributed by atoms with E-state index in [2.05, 4.69) is 15.3 Å². The Morgan fingerprint density at radius 1 is 1.43 bits per heavy atom. The zero-order valence-corrected chi connectivity index (χ0v) is 12.3. The summed E-state index contributed by atoms with van der Waals surface area (Å²) in [4.78, 5) is 19.9. The first kappa shape index (κ1) is 15.2. The molecule has 2 heterocycles. The monoisotopic (exact) mass is 288 g/mol. The predicted molar refractivity (Wildman–Crippen MR) is 78.9 cm³/mol. The topological polar surface area (TPSA) is 69.0 Å². The Morgan fingerprint density at radius 2 is 2.29 bits per heavy atom. The van der Waals surface area contributed by atoms with Gasteiger partial charge >= 0.3 is 0 Å². The number of hydrogen-bond donors (Lipinski definition) is 1. The molecule has 6 heteroatoms. The van der Waals surface area contributed by atoms with Crippen LogP contribution in [0.25, 0.3) is 5.82 Å². The largest absolute Gasteiger partial charge is 0.378 e. The number of ether oxygens (including phenoxy) is 1. The second-order valence-electron chi connectivity index (χ2n) is 4.94. The molecule has 0 spiro atoms. The van der Waals surface area contributed by atoms with Gasteiger partial charge < -0.3 is 10.1 Å². The second-order valence-corrected chi connectivity index (χ2v) is 4.94. The van der Waals surface area contributed by atoms with Crippen molar-refractivity contribution < 1.29 is 9.53 Å². The SMILES string of the molecule is CC(C)OCCC(=O)NCc1ccnc(-n2ccnc2)c1. The zero-order valence-electron chi connectivity index (χ0n) is 12.3. The van der Waals surface area contributed by atoms with Gasteiger partial charge in [0.1, 0.15) is 12.1 Å². The molecular weight excluding hydrogens is 268 g/mol. The molecule has 2 aromatic heterocycles. The molecule has 0 atom stereocenters. The molecule has 0 saturated carbocycles. The van der Waals surface area contributed by atoms with Crippen LogP contribution in [0.3, 0.4) is 0 Å². The minimum Gasteiger partial charge on any atom is -0.378 e. The van der Waals surface area contributed by atoms with E-state index in [0.717, 1.165) is 11.4 Å². The van der Waals surface area contributed by atoms with Gasteiger partial charge in [0.2, 0.25) is 5.91 Å². The Bertz CT molecular complexity index is 567. The average molecular weight is 288 g/mol. The van der Waals surface area contributed by atoms with Gasteiger partial charge in [-0.05, 0) is 31.5 Å². The predicted octanol–water partition coefficient (Wildman–Crippen LogP) is 1.70. The first-order chi connectivity index (χ1) is 10.1. The number of pyridine rings is 1. The van der Waals surface area contributed by atoms with Crippen molar-refractivity contribution in [1.82, 2.24) is 19.9 Å².